The molecule has 1 aliphatic carbocycles. The van der Waals surface area contributed by atoms with E-state index in [1.165, 1.54) is 6.42 Å². The SMILES string of the molecule is C[C@H]1CCN1c1nc(N2CC3(C[C@@H]3C(=O)O)C2)c2ccsc2n1. The van der Waals surface area contributed by atoms with Crippen molar-refractivity contribution >= 4 is 39.3 Å². The van der Waals surface area contributed by atoms with Crippen LogP contribution in [-0.2, 0) is 4.79 Å². The van der Waals surface area contributed by atoms with Gasteiger partial charge in [0, 0.05) is 31.1 Å². The standard InChI is InChI=1S/C16H18N4O2S/c1-9-2-4-20(9)15-17-12(10-3-5-23-13(10)18-15)19-7-16(8-19)6-11(16)14(21)22/h3,5,9,11H,2,4,6-8H2,1H3,(H,21,22)/t9-,11+/m0/s1. The molecule has 1 N–H and O–H groups in total. The van der Waals surface area contributed by atoms with Crippen LogP contribution in [0.3, 0.4) is 0 Å². The molecule has 3 aliphatic rings. The number of aromatic nitrogens is 2. The molecule has 2 aromatic rings. The van der Waals surface area contributed by atoms with E-state index in [4.69, 9.17) is 9.97 Å². The second-order valence-electron chi connectivity index (χ2n) is 7.13. The first-order chi connectivity index (χ1) is 11.1. The monoisotopic (exact) mass is 330 g/mol. The summed E-state index contributed by atoms with van der Waals surface area (Å²) < 4.78 is 0. The summed E-state index contributed by atoms with van der Waals surface area (Å²) in [6.07, 6.45) is 2.00. The predicted octanol–water partition coefficient (Wildman–Crippen LogP) is 2.20. The van der Waals surface area contributed by atoms with E-state index < -0.39 is 5.97 Å². The normalized spacial score (nSPS) is 27.9. The number of fused-ring (bicyclic) bond motifs is 1. The minimum absolute atomic E-state index is 0.00331. The molecular weight excluding hydrogens is 312 g/mol. The van der Waals surface area contributed by atoms with Crippen molar-refractivity contribution in [2.45, 2.75) is 25.8 Å². The Labute approximate surface area is 137 Å². The van der Waals surface area contributed by atoms with Gasteiger partial charge < -0.3 is 14.9 Å². The predicted molar refractivity (Wildman–Crippen MR) is 89.2 cm³/mol. The number of thiophene rings is 1. The van der Waals surface area contributed by atoms with Gasteiger partial charge in [0.2, 0.25) is 5.95 Å². The average Bonchev–Trinajstić information content (AvgIpc) is 3.06. The van der Waals surface area contributed by atoms with Gasteiger partial charge in [0.15, 0.2) is 0 Å². The fourth-order valence-electron chi connectivity index (χ4n) is 3.92. The lowest BCUT2D eigenvalue weighted by molar-refractivity contribution is -0.139. The quantitative estimate of drug-likeness (QED) is 0.930. The maximum atomic E-state index is 11.2. The lowest BCUT2D eigenvalue weighted by Gasteiger charge is -2.43. The van der Waals surface area contributed by atoms with E-state index >= 15 is 0 Å². The van der Waals surface area contributed by atoms with E-state index in [1.54, 1.807) is 11.3 Å². The summed E-state index contributed by atoms with van der Waals surface area (Å²) >= 11 is 1.64. The summed E-state index contributed by atoms with van der Waals surface area (Å²) in [7, 11) is 0. The number of carbonyl (C=O) groups is 1. The number of nitrogens with zero attached hydrogens (tertiary/aromatic N) is 4. The topological polar surface area (TPSA) is 69.6 Å². The lowest BCUT2D eigenvalue weighted by atomic mass is 9.93. The number of carboxylic acid groups (broad SMARTS) is 1. The highest BCUT2D eigenvalue weighted by atomic mass is 32.1. The number of rotatable bonds is 3. The Bertz CT molecular complexity index is 814. The smallest absolute Gasteiger partial charge is 0.307 e. The summed E-state index contributed by atoms with van der Waals surface area (Å²) in [6.45, 7) is 4.83. The molecule has 0 unspecified atom stereocenters. The molecule has 1 spiro atoms. The second-order valence-corrected chi connectivity index (χ2v) is 8.03. The lowest BCUT2D eigenvalue weighted by Crippen LogP contribution is -2.51. The van der Waals surface area contributed by atoms with Crippen molar-refractivity contribution in [1.29, 1.82) is 0 Å². The molecule has 1 saturated carbocycles. The fraction of sp³-hybridized carbons (Fsp3) is 0.562. The molecule has 2 aliphatic heterocycles. The maximum Gasteiger partial charge on any atom is 0.307 e. The summed E-state index contributed by atoms with van der Waals surface area (Å²) in [5.41, 5.74) is 0.00331. The molecule has 0 amide bonds. The van der Waals surface area contributed by atoms with Crippen LogP contribution in [0.25, 0.3) is 10.2 Å². The molecule has 120 valence electrons. The van der Waals surface area contributed by atoms with Crippen molar-refractivity contribution < 1.29 is 9.90 Å². The van der Waals surface area contributed by atoms with E-state index in [0.717, 1.165) is 48.0 Å². The van der Waals surface area contributed by atoms with Gasteiger partial charge >= 0.3 is 5.97 Å². The third-order valence-corrected chi connectivity index (χ3v) is 6.48. The largest absolute Gasteiger partial charge is 0.481 e. The van der Waals surface area contributed by atoms with Crippen molar-refractivity contribution in [2.24, 2.45) is 11.3 Å². The first-order valence-electron chi connectivity index (χ1n) is 8.07. The highest BCUT2D eigenvalue weighted by Gasteiger charge is 2.65. The molecule has 2 saturated heterocycles. The van der Waals surface area contributed by atoms with E-state index in [2.05, 4.69) is 28.2 Å². The molecule has 0 bridgehead atoms. The van der Waals surface area contributed by atoms with Crippen molar-refractivity contribution in [3.8, 4) is 0 Å². The molecule has 2 aromatic heterocycles. The molecule has 0 radical (unpaired) electrons. The van der Waals surface area contributed by atoms with Crippen molar-refractivity contribution in [2.75, 3.05) is 29.4 Å². The van der Waals surface area contributed by atoms with Crippen LogP contribution in [0.5, 0.6) is 0 Å². The molecule has 7 heteroatoms. The summed E-state index contributed by atoms with van der Waals surface area (Å²) in [5.74, 6) is 0.990. The number of hydrogen-bond acceptors (Lipinski definition) is 6. The highest BCUT2D eigenvalue weighted by Crippen LogP contribution is 2.59. The van der Waals surface area contributed by atoms with Gasteiger partial charge in [-0.2, -0.15) is 4.98 Å². The summed E-state index contributed by atoms with van der Waals surface area (Å²) in [5, 5.41) is 12.3. The first-order valence-corrected chi connectivity index (χ1v) is 8.95. The fourth-order valence-corrected chi connectivity index (χ4v) is 4.68. The van der Waals surface area contributed by atoms with Crippen LogP contribution < -0.4 is 9.80 Å². The Kier molecular flexibility index (Phi) is 2.56. The van der Waals surface area contributed by atoms with Gasteiger partial charge in [-0.1, -0.05) is 0 Å². The van der Waals surface area contributed by atoms with Crippen LogP contribution in [0.2, 0.25) is 0 Å². The number of aliphatic carboxylic acids is 1. The summed E-state index contributed by atoms with van der Waals surface area (Å²) in [4.78, 5) is 26.2. The van der Waals surface area contributed by atoms with E-state index in [0.29, 0.717) is 6.04 Å². The van der Waals surface area contributed by atoms with Crippen LogP contribution in [0, 0.1) is 11.3 Å². The number of anilines is 2. The van der Waals surface area contributed by atoms with Gasteiger partial charge in [-0.05, 0) is 31.2 Å². The van der Waals surface area contributed by atoms with Crippen LogP contribution in [0.1, 0.15) is 19.8 Å². The van der Waals surface area contributed by atoms with Crippen LogP contribution in [-0.4, -0.2) is 46.7 Å². The zero-order valence-corrected chi connectivity index (χ0v) is 13.7. The van der Waals surface area contributed by atoms with Gasteiger partial charge in [0.05, 0.1) is 11.3 Å². The van der Waals surface area contributed by atoms with Gasteiger partial charge in [-0.15, -0.1) is 11.3 Å². The van der Waals surface area contributed by atoms with Crippen LogP contribution in [0.4, 0.5) is 11.8 Å². The molecule has 3 fully saturated rings. The van der Waals surface area contributed by atoms with Crippen LogP contribution >= 0.6 is 11.3 Å². The minimum Gasteiger partial charge on any atom is -0.481 e. The molecule has 23 heavy (non-hydrogen) atoms. The van der Waals surface area contributed by atoms with Crippen molar-refractivity contribution in [1.82, 2.24) is 9.97 Å². The minimum atomic E-state index is -0.650. The zero-order valence-electron chi connectivity index (χ0n) is 12.9. The van der Waals surface area contributed by atoms with Crippen molar-refractivity contribution in [3.05, 3.63) is 11.4 Å². The van der Waals surface area contributed by atoms with E-state index in [9.17, 15) is 9.90 Å². The average molecular weight is 330 g/mol. The third-order valence-electron chi connectivity index (χ3n) is 5.67. The van der Waals surface area contributed by atoms with E-state index in [-0.39, 0.29) is 11.3 Å². The molecule has 2 atom stereocenters. The second kappa shape index (κ2) is 4.35. The Morgan fingerprint density at radius 3 is 2.87 bits per heavy atom. The number of carboxylic acids is 1. The Morgan fingerprint density at radius 1 is 1.43 bits per heavy atom. The molecule has 6 nitrogen and oxygen atoms in total. The highest BCUT2D eigenvalue weighted by molar-refractivity contribution is 7.16. The molecule has 4 heterocycles. The van der Waals surface area contributed by atoms with Gasteiger partial charge in [-0.25, -0.2) is 4.98 Å². The van der Waals surface area contributed by atoms with Crippen LogP contribution in [0.15, 0.2) is 11.4 Å². The Morgan fingerprint density at radius 2 is 2.26 bits per heavy atom. The first kappa shape index (κ1) is 13.5. The Balaban J connectivity index is 1.47. The molecular formula is C16H18N4O2S. The summed E-state index contributed by atoms with van der Waals surface area (Å²) in [6, 6.07) is 2.58. The number of hydrogen-bond donors (Lipinski definition) is 1. The van der Waals surface area contributed by atoms with Gasteiger partial charge in [0.25, 0.3) is 0 Å². The van der Waals surface area contributed by atoms with Gasteiger partial charge in [0.1, 0.15) is 10.6 Å². The molecule has 5 rings (SSSR count). The third kappa shape index (κ3) is 1.83. The Hall–Kier alpha value is -1.89. The van der Waals surface area contributed by atoms with Crippen molar-refractivity contribution in [3.63, 3.8) is 0 Å². The van der Waals surface area contributed by atoms with Gasteiger partial charge in [-0.3, -0.25) is 4.79 Å². The molecule has 0 aromatic carbocycles. The van der Waals surface area contributed by atoms with E-state index in [1.807, 2.05) is 0 Å². The zero-order chi connectivity index (χ0) is 15.8. The maximum absolute atomic E-state index is 11.2.